The molecule has 3 heterocycles. The van der Waals surface area contributed by atoms with Crippen LogP contribution in [0.15, 0.2) is 6.20 Å². The van der Waals surface area contributed by atoms with E-state index in [1.807, 2.05) is 13.8 Å². The van der Waals surface area contributed by atoms with Crippen molar-refractivity contribution in [3.8, 4) is 0 Å². The number of nitrogens with one attached hydrogen (secondary N) is 1. The van der Waals surface area contributed by atoms with Gasteiger partial charge in [-0.2, -0.15) is 5.10 Å². The topological polar surface area (TPSA) is 99.9 Å². The zero-order chi connectivity index (χ0) is 17.6. The van der Waals surface area contributed by atoms with Crippen LogP contribution < -0.4 is 0 Å². The molecule has 8 nitrogen and oxygen atoms in total. The van der Waals surface area contributed by atoms with E-state index in [1.165, 1.54) is 0 Å². The normalized spacial score (nSPS) is 23.3. The van der Waals surface area contributed by atoms with Crippen LogP contribution in [0.25, 0.3) is 0 Å². The maximum atomic E-state index is 12.9. The molecular weight excluding hydrogens is 320 g/mol. The van der Waals surface area contributed by atoms with Gasteiger partial charge in [-0.25, -0.2) is 4.68 Å². The maximum absolute atomic E-state index is 12.9. The van der Waals surface area contributed by atoms with Crippen LogP contribution in [0.3, 0.4) is 0 Å². The zero-order valence-electron chi connectivity index (χ0n) is 14.7. The van der Waals surface area contributed by atoms with E-state index in [4.69, 9.17) is 0 Å². The minimum absolute atomic E-state index is 0.105. The molecule has 8 heteroatoms. The molecule has 2 aliphatic rings. The molecule has 1 aliphatic carbocycles. The Bertz CT molecular complexity index is 795. The first-order chi connectivity index (χ1) is 12.0. The summed E-state index contributed by atoms with van der Waals surface area (Å²) >= 11 is 0. The number of hydrogen-bond donors (Lipinski definition) is 2. The molecule has 134 valence electrons. The first-order valence-corrected chi connectivity index (χ1v) is 8.98. The highest BCUT2D eigenvalue weighted by Gasteiger charge is 2.43. The van der Waals surface area contributed by atoms with E-state index in [2.05, 4.69) is 20.5 Å². The van der Waals surface area contributed by atoms with Crippen LogP contribution >= 0.6 is 0 Å². The van der Waals surface area contributed by atoms with Crippen LogP contribution in [0.5, 0.6) is 0 Å². The summed E-state index contributed by atoms with van der Waals surface area (Å²) < 4.78 is 1.72. The van der Waals surface area contributed by atoms with Gasteiger partial charge in [-0.05, 0) is 39.5 Å². The van der Waals surface area contributed by atoms with Gasteiger partial charge in [0.25, 0.3) is 5.91 Å². The second kappa shape index (κ2) is 5.94. The third-order valence-corrected chi connectivity index (χ3v) is 5.31. The predicted octanol–water partition coefficient (Wildman–Crippen LogP) is 1.19. The van der Waals surface area contributed by atoms with E-state index in [-0.39, 0.29) is 18.5 Å². The van der Waals surface area contributed by atoms with Gasteiger partial charge in [-0.15, -0.1) is 5.10 Å². The van der Waals surface area contributed by atoms with Crippen molar-refractivity contribution < 1.29 is 9.90 Å². The van der Waals surface area contributed by atoms with E-state index < -0.39 is 5.60 Å². The van der Waals surface area contributed by atoms with Gasteiger partial charge in [0.2, 0.25) is 0 Å². The number of β-amino-alcohol motifs (C(OH)–C–C–N with tert-alkyl or cyclic N) is 1. The standard InChI is InChI=1S/C17H24N6O2/c1-11(2)23-9-14(19-21-23)17(25)7-8-22(10-17)16(24)15-12-5-3-4-6-13(12)18-20-15/h9,11,25H,3-8,10H2,1-2H3,(H,18,20)/t17-/m0/s1. The van der Waals surface area contributed by atoms with Crippen LogP contribution in [0, 0.1) is 0 Å². The van der Waals surface area contributed by atoms with Gasteiger partial charge in [0.05, 0.1) is 12.7 Å². The van der Waals surface area contributed by atoms with Gasteiger partial charge < -0.3 is 10.0 Å². The Hall–Kier alpha value is -2.22. The summed E-state index contributed by atoms with van der Waals surface area (Å²) in [6.07, 6.45) is 6.32. The quantitative estimate of drug-likeness (QED) is 0.871. The maximum Gasteiger partial charge on any atom is 0.274 e. The lowest BCUT2D eigenvalue weighted by molar-refractivity contribution is 0.0379. The Labute approximate surface area is 146 Å². The number of fused-ring (bicyclic) bond motifs is 1. The molecule has 1 aliphatic heterocycles. The van der Waals surface area contributed by atoms with Gasteiger partial charge >= 0.3 is 0 Å². The average molecular weight is 344 g/mol. The largest absolute Gasteiger partial charge is 0.381 e. The summed E-state index contributed by atoms with van der Waals surface area (Å²) in [5.74, 6) is -0.105. The molecule has 0 saturated carbocycles. The van der Waals surface area contributed by atoms with E-state index in [0.717, 1.165) is 36.9 Å². The lowest BCUT2D eigenvalue weighted by atomic mass is 9.95. The molecule has 25 heavy (non-hydrogen) atoms. The second-order valence-electron chi connectivity index (χ2n) is 7.42. The molecule has 2 N–H and O–H groups in total. The van der Waals surface area contributed by atoms with Gasteiger partial charge in [0.15, 0.2) is 5.69 Å². The fraction of sp³-hybridized carbons (Fsp3) is 0.647. The Morgan fingerprint density at radius 2 is 2.16 bits per heavy atom. The molecule has 0 unspecified atom stereocenters. The van der Waals surface area contributed by atoms with Crippen molar-refractivity contribution in [1.29, 1.82) is 0 Å². The van der Waals surface area contributed by atoms with E-state index in [9.17, 15) is 9.90 Å². The van der Waals surface area contributed by atoms with Crippen LogP contribution in [0.2, 0.25) is 0 Å². The molecule has 0 spiro atoms. The minimum atomic E-state index is -1.14. The number of aromatic nitrogens is 5. The Balaban J connectivity index is 1.53. The molecule has 1 atom stereocenters. The highest BCUT2D eigenvalue weighted by Crippen LogP contribution is 2.32. The minimum Gasteiger partial charge on any atom is -0.381 e. The average Bonchev–Trinajstić information content (AvgIpc) is 3.32. The van der Waals surface area contributed by atoms with E-state index in [0.29, 0.717) is 24.4 Å². The smallest absolute Gasteiger partial charge is 0.274 e. The van der Waals surface area contributed by atoms with Crippen LogP contribution in [-0.2, 0) is 18.4 Å². The highest BCUT2D eigenvalue weighted by molar-refractivity contribution is 5.94. The third-order valence-electron chi connectivity index (χ3n) is 5.31. The Morgan fingerprint density at radius 3 is 2.92 bits per heavy atom. The molecule has 4 rings (SSSR count). The molecule has 2 aromatic rings. The first kappa shape index (κ1) is 16.3. The van der Waals surface area contributed by atoms with E-state index in [1.54, 1.807) is 15.8 Å². The van der Waals surface area contributed by atoms with Gasteiger partial charge in [-0.3, -0.25) is 9.89 Å². The third kappa shape index (κ3) is 2.74. The molecule has 0 radical (unpaired) electrons. The lowest BCUT2D eigenvalue weighted by Crippen LogP contribution is -2.35. The second-order valence-corrected chi connectivity index (χ2v) is 7.42. The molecule has 2 aromatic heterocycles. The van der Waals surface area contributed by atoms with E-state index >= 15 is 0 Å². The number of likely N-dealkylation sites (tertiary alicyclic amines) is 1. The fourth-order valence-corrected chi connectivity index (χ4v) is 3.73. The number of carbonyl (C=O) groups is 1. The van der Waals surface area contributed by atoms with Crippen molar-refractivity contribution >= 4 is 5.91 Å². The van der Waals surface area contributed by atoms with Gasteiger partial charge in [0, 0.05) is 30.3 Å². The summed E-state index contributed by atoms with van der Waals surface area (Å²) in [4.78, 5) is 14.6. The van der Waals surface area contributed by atoms with Crippen LogP contribution in [-0.4, -0.2) is 54.2 Å². The predicted molar refractivity (Wildman–Crippen MR) is 90.1 cm³/mol. The monoisotopic (exact) mass is 344 g/mol. The summed E-state index contributed by atoms with van der Waals surface area (Å²) in [6.45, 7) is 4.73. The van der Waals surface area contributed by atoms with Crippen molar-refractivity contribution in [2.45, 2.75) is 57.6 Å². The lowest BCUT2D eigenvalue weighted by Gasteiger charge is -2.21. The number of amides is 1. The number of aliphatic hydroxyl groups is 1. The van der Waals surface area contributed by atoms with Gasteiger partial charge in [0.1, 0.15) is 11.3 Å². The molecule has 1 fully saturated rings. The number of carbonyl (C=O) groups excluding carboxylic acids is 1. The number of H-pyrrole nitrogens is 1. The SMILES string of the molecule is CC(C)n1cc([C@]2(O)CCN(C(=O)c3n[nH]c4c3CCCC4)C2)nn1. The zero-order valence-corrected chi connectivity index (χ0v) is 14.7. The fourth-order valence-electron chi connectivity index (χ4n) is 3.73. The van der Waals surface area contributed by atoms with Crippen LogP contribution in [0.1, 0.15) is 66.6 Å². The van der Waals surface area contributed by atoms with Crippen molar-refractivity contribution in [2.75, 3.05) is 13.1 Å². The number of aromatic amines is 1. The molecular formula is C17H24N6O2. The summed E-state index contributed by atoms with van der Waals surface area (Å²) in [5, 5.41) is 26.4. The number of rotatable bonds is 3. The highest BCUT2D eigenvalue weighted by atomic mass is 16.3. The van der Waals surface area contributed by atoms with Crippen molar-refractivity contribution in [3.63, 3.8) is 0 Å². The summed E-state index contributed by atoms with van der Waals surface area (Å²) in [6, 6.07) is 0.180. The number of nitrogens with zero attached hydrogens (tertiary/aromatic N) is 5. The molecule has 0 bridgehead atoms. The van der Waals surface area contributed by atoms with Crippen molar-refractivity contribution in [2.24, 2.45) is 0 Å². The Morgan fingerprint density at radius 1 is 1.36 bits per heavy atom. The van der Waals surface area contributed by atoms with Crippen molar-refractivity contribution in [3.05, 3.63) is 28.8 Å². The number of hydrogen-bond acceptors (Lipinski definition) is 5. The summed E-state index contributed by atoms with van der Waals surface area (Å²) in [5.41, 5.74) is 2.05. The Kier molecular flexibility index (Phi) is 3.87. The molecule has 1 amide bonds. The van der Waals surface area contributed by atoms with Crippen LogP contribution in [0.4, 0.5) is 0 Å². The first-order valence-electron chi connectivity index (χ1n) is 8.98. The molecule has 1 saturated heterocycles. The van der Waals surface area contributed by atoms with Crippen molar-refractivity contribution in [1.82, 2.24) is 30.1 Å². The summed E-state index contributed by atoms with van der Waals surface area (Å²) in [7, 11) is 0. The molecule has 0 aromatic carbocycles. The number of aryl methyl sites for hydroxylation is 1. The van der Waals surface area contributed by atoms with Gasteiger partial charge in [-0.1, -0.05) is 5.21 Å².